The van der Waals surface area contributed by atoms with E-state index in [0.29, 0.717) is 18.0 Å². The number of fused-ring (bicyclic) bond motifs is 1. The Morgan fingerprint density at radius 3 is 2.73 bits per heavy atom. The van der Waals surface area contributed by atoms with E-state index in [-0.39, 0.29) is 19.1 Å². The van der Waals surface area contributed by atoms with E-state index in [2.05, 4.69) is 16.0 Å². The zero-order valence-electron chi connectivity index (χ0n) is 17.2. The fourth-order valence-electron chi connectivity index (χ4n) is 3.37. The van der Waals surface area contributed by atoms with Crippen molar-refractivity contribution in [2.45, 2.75) is 45.2 Å². The normalized spacial score (nSPS) is 20.7. The third-order valence-electron chi connectivity index (χ3n) is 4.96. The molecule has 162 valence electrons. The van der Waals surface area contributed by atoms with Crippen LogP contribution in [0.3, 0.4) is 0 Å². The Morgan fingerprint density at radius 1 is 1.27 bits per heavy atom. The van der Waals surface area contributed by atoms with Gasteiger partial charge >= 0.3 is 6.03 Å². The van der Waals surface area contributed by atoms with Crippen LogP contribution in [0.4, 0.5) is 4.79 Å². The van der Waals surface area contributed by atoms with Crippen LogP contribution in [0.25, 0.3) is 0 Å². The molecule has 0 aromatic heterocycles. The van der Waals surface area contributed by atoms with Crippen molar-refractivity contribution in [1.82, 2.24) is 20.9 Å². The molecule has 10 nitrogen and oxygen atoms in total. The second kappa shape index (κ2) is 8.60. The van der Waals surface area contributed by atoms with Crippen molar-refractivity contribution < 1.29 is 28.7 Å². The summed E-state index contributed by atoms with van der Waals surface area (Å²) in [5.41, 5.74) is -0.419. The molecule has 3 rings (SSSR count). The van der Waals surface area contributed by atoms with Gasteiger partial charge in [0.15, 0.2) is 11.5 Å². The first-order valence-electron chi connectivity index (χ1n) is 9.83. The van der Waals surface area contributed by atoms with Crippen molar-refractivity contribution in [2.24, 2.45) is 0 Å². The maximum atomic E-state index is 12.9. The number of urea groups is 1. The molecule has 1 saturated heterocycles. The van der Waals surface area contributed by atoms with Crippen LogP contribution in [0.5, 0.6) is 11.5 Å². The number of ether oxygens (including phenoxy) is 2. The molecule has 0 unspecified atom stereocenters. The van der Waals surface area contributed by atoms with E-state index >= 15 is 0 Å². The monoisotopic (exact) mass is 418 g/mol. The van der Waals surface area contributed by atoms with Crippen LogP contribution in [-0.2, 0) is 20.8 Å². The van der Waals surface area contributed by atoms with Gasteiger partial charge in [-0.3, -0.25) is 19.3 Å². The van der Waals surface area contributed by atoms with E-state index in [9.17, 15) is 19.2 Å². The standard InChI is InChI=1S/C20H26N4O6/c1-4-7-21-17(26)12(2)22-16(25)10-24-18(27)20(3,23-19(24)28)9-13-5-6-14-15(8-13)30-11-29-14/h5-6,8,12H,4,7,9-11H2,1-3H3,(H,21,26)(H,22,25)(H,23,28)/t12-,20-/m0/s1. The predicted molar refractivity (Wildman–Crippen MR) is 106 cm³/mol. The van der Waals surface area contributed by atoms with Gasteiger partial charge < -0.3 is 25.4 Å². The number of hydrogen-bond acceptors (Lipinski definition) is 6. The summed E-state index contributed by atoms with van der Waals surface area (Å²) < 4.78 is 10.6. The first kappa shape index (κ1) is 21.4. The minimum atomic E-state index is -1.20. The molecular weight excluding hydrogens is 392 g/mol. The minimum absolute atomic E-state index is 0.142. The van der Waals surface area contributed by atoms with Gasteiger partial charge in [-0.25, -0.2) is 4.79 Å². The fraction of sp³-hybridized carbons (Fsp3) is 0.500. The summed E-state index contributed by atoms with van der Waals surface area (Å²) in [6.45, 7) is 5.25. The van der Waals surface area contributed by atoms with Gasteiger partial charge in [-0.1, -0.05) is 13.0 Å². The number of nitrogens with one attached hydrogen (secondary N) is 3. The molecule has 30 heavy (non-hydrogen) atoms. The number of hydrogen-bond donors (Lipinski definition) is 3. The van der Waals surface area contributed by atoms with Crippen molar-refractivity contribution in [3.63, 3.8) is 0 Å². The van der Waals surface area contributed by atoms with E-state index in [1.807, 2.05) is 6.92 Å². The first-order chi connectivity index (χ1) is 14.2. The lowest BCUT2D eigenvalue weighted by Crippen LogP contribution is -2.50. The molecule has 0 saturated carbocycles. The molecule has 3 N–H and O–H groups in total. The molecule has 0 aliphatic carbocycles. The molecule has 10 heteroatoms. The highest BCUT2D eigenvalue weighted by Crippen LogP contribution is 2.34. The first-order valence-corrected chi connectivity index (χ1v) is 9.83. The lowest BCUT2D eigenvalue weighted by molar-refractivity contribution is -0.135. The number of nitrogens with zero attached hydrogens (tertiary/aromatic N) is 1. The van der Waals surface area contributed by atoms with E-state index in [1.165, 1.54) is 0 Å². The SMILES string of the molecule is CCCNC(=O)[C@H](C)NC(=O)CN1C(=O)N[C@@](C)(Cc2ccc3c(c2)OCO3)C1=O. The summed E-state index contributed by atoms with van der Waals surface area (Å²) in [6.07, 6.45) is 0.999. The molecule has 2 heterocycles. The van der Waals surface area contributed by atoms with Crippen LogP contribution in [0, 0.1) is 0 Å². The number of rotatable bonds is 8. The Morgan fingerprint density at radius 2 is 2.00 bits per heavy atom. The largest absolute Gasteiger partial charge is 0.454 e. The lowest BCUT2D eigenvalue weighted by Gasteiger charge is -2.22. The highest BCUT2D eigenvalue weighted by atomic mass is 16.7. The summed E-state index contributed by atoms with van der Waals surface area (Å²) in [4.78, 5) is 50.3. The van der Waals surface area contributed by atoms with Gasteiger partial charge in [0.2, 0.25) is 18.6 Å². The molecule has 1 fully saturated rings. The number of carbonyl (C=O) groups excluding carboxylic acids is 4. The van der Waals surface area contributed by atoms with Crippen molar-refractivity contribution in [3.8, 4) is 11.5 Å². The van der Waals surface area contributed by atoms with E-state index in [1.54, 1.807) is 32.0 Å². The van der Waals surface area contributed by atoms with E-state index < -0.39 is 36.0 Å². The molecule has 1 aromatic rings. The highest BCUT2D eigenvalue weighted by Gasteiger charge is 2.48. The second-order valence-corrected chi connectivity index (χ2v) is 7.60. The van der Waals surface area contributed by atoms with Gasteiger partial charge in [-0.2, -0.15) is 0 Å². The smallest absolute Gasteiger partial charge is 0.325 e. The van der Waals surface area contributed by atoms with Crippen molar-refractivity contribution in [2.75, 3.05) is 19.9 Å². The van der Waals surface area contributed by atoms with Crippen LogP contribution < -0.4 is 25.4 Å². The van der Waals surface area contributed by atoms with E-state index in [0.717, 1.165) is 16.9 Å². The topological polar surface area (TPSA) is 126 Å². The van der Waals surface area contributed by atoms with Crippen LogP contribution >= 0.6 is 0 Å². The molecule has 2 atom stereocenters. The van der Waals surface area contributed by atoms with Gasteiger partial charge in [0, 0.05) is 13.0 Å². The molecule has 2 aliphatic heterocycles. The van der Waals surface area contributed by atoms with Gasteiger partial charge in [0.25, 0.3) is 5.91 Å². The number of benzene rings is 1. The zero-order chi connectivity index (χ0) is 21.9. The Bertz CT molecular complexity index is 873. The summed E-state index contributed by atoms with van der Waals surface area (Å²) in [5.74, 6) is -0.219. The highest BCUT2D eigenvalue weighted by molar-refractivity contribution is 6.09. The molecule has 0 radical (unpaired) electrons. The van der Waals surface area contributed by atoms with Gasteiger partial charge in [0.05, 0.1) is 0 Å². The van der Waals surface area contributed by atoms with Gasteiger partial charge in [-0.15, -0.1) is 0 Å². The van der Waals surface area contributed by atoms with Crippen LogP contribution in [-0.4, -0.2) is 60.1 Å². The Labute approximate surface area is 174 Å². The second-order valence-electron chi connectivity index (χ2n) is 7.60. The maximum Gasteiger partial charge on any atom is 0.325 e. The van der Waals surface area contributed by atoms with Crippen LogP contribution in [0.1, 0.15) is 32.8 Å². The number of amides is 5. The van der Waals surface area contributed by atoms with Gasteiger partial charge in [0.1, 0.15) is 18.1 Å². The molecule has 2 aliphatic rings. The molecule has 0 bridgehead atoms. The Kier molecular flexibility index (Phi) is 6.14. The summed E-state index contributed by atoms with van der Waals surface area (Å²) in [6, 6.07) is 3.88. The molecular formula is C20H26N4O6. The molecule has 0 spiro atoms. The average Bonchev–Trinajstić information content (AvgIpc) is 3.24. The van der Waals surface area contributed by atoms with Crippen molar-refractivity contribution >= 4 is 23.8 Å². The quantitative estimate of drug-likeness (QED) is 0.522. The third-order valence-corrected chi connectivity index (χ3v) is 4.96. The number of imide groups is 1. The predicted octanol–water partition coefficient (Wildman–Crippen LogP) is 0.299. The molecule has 5 amide bonds. The van der Waals surface area contributed by atoms with Crippen molar-refractivity contribution in [3.05, 3.63) is 23.8 Å². The maximum absolute atomic E-state index is 12.9. The van der Waals surface area contributed by atoms with Crippen molar-refractivity contribution in [1.29, 1.82) is 0 Å². The molecule has 1 aromatic carbocycles. The van der Waals surface area contributed by atoms with Crippen LogP contribution in [0.15, 0.2) is 18.2 Å². The van der Waals surface area contributed by atoms with E-state index in [4.69, 9.17) is 9.47 Å². The fourth-order valence-corrected chi connectivity index (χ4v) is 3.37. The number of carbonyl (C=O) groups is 4. The van der Waals surface area contributed by atoms with Crippen LogP contribution in [0.2, 0.25) is 0 Å². The summed E-state index contributed by atoms with van der Waals surface area (Å²) in [7, 11) is 0. The van der Waals surface area contributed by atoms with Gasteiger partial charge in [-0.05, 0) is 38.0 Å². The summed E-state index contributed by atoms with van der Waals surface area (Å²) >= 11 is 0. The zero-order valence-corrected chi connectivity index (χ0v) is 17.2. The Hall–Kier alpha value is -3.30. The lowest BCUT2D eigenvalue weighted by atomic mass is 9.92. The third kappa shape index (κ3) is 4.47. The average molecular weight is 418 g/mol. The minimum Gasteiger partial charge on any atom is -0.454 e. The summed E-state index contributed by atoms with van der Waals surface area (Å²) in [5, 5.41) is 7.84. The Balaban J connectivity index is 1.61.